The van der Waals surface area contributed by atoms with E-state index in [0.717, 1.165) is 24.8 Å². The van der Waals surface area contributed by atoms with Crippen molar-refractivity contribution >= 4 is 6.29 Å². The fourth-order valence-electron chi connectivity index (χ4n) is 2.08. The van der Waals surface area contributed by atoms with Crippen molar-refractivity contribution < 1.29 is 4.79 Å². The van der Waals surface area contributed by atoms with Gasteiger partial charge in [0.05, 0.1) is 5.69 Å². The molecule has 0 spiro atoms. The Balaban J connectivity index is 2.35. The fraction of sp³-hybridized carbons (Fsp3) is 0.545. The fourth-order valence-corrected chi connectivity index (χ4v) is 2.08. The van der Waals surface area contributed by atoms with E-state index >= 15 is 0 Å². The highest BCUT2D eigenvalue weighted by molar-refractivity contribution is 5.73. The average molecular weight is 177 g/mol. The number of aromatic amines is 1. The minimum atomic E-state index is 0.398. The van der Waals surface area contributed by atoms with Gasteiger partial charge in [0.2, 0.25) is 0 Å². The van der Waals surface area contributed by atoms with Gasteiger partial charge in [-0.2, -0.15) is 0 Å². The van der Waals surface area contributed by atoms with Gasteiger partial charge in [0.15, 0.2) is 6.29 Å². The Labute approximate surface area is 78.4 Å². The molecule has 0 amide bonds. The van der Waals surface area contributed by atoms with Gasteiger partial charge >= 0.3 is 0 Å². The maximum atomic E-state index is 10.6. The van der Waals surface area contributed by atoms with Gasteiger partial charge in [-0.15, -0.1) is 0 Å². The van der Waals surface area contributed by atoms with Crippen LogP contribution in [-0.2, 0) is 12.8 Å². The van der Waals surface area contributed by atoms with Crippen LogP contribution < -0.4 is 0 Å². The molecule has 0 saturated carbocycles. The molecule has 1 aliphatic rings. The number of carbonyl (C=O) groups is 1. The molecular weight excluding hydrogens is 162 g/mol. The summed E-state index contributed by atoms with van der Waals surface area (Å²) in [6.07, 6.45) is 4.27. The summed E-state index contributed by atoms with van der Waals surface area (Å²) in [5.74, 6) is 0. The first-order chi connectivity index (χ1) is 6.11. The highest BCUT2D eigenvalue weighted by Crippen LogP contribution is 2.34. The Bertz CT molecular complexity index is 336. The van der Waals surface area contributed by atoms with E-state index in [4.69, 9.17) is 0 Å². The molecule has 0 aromatic carbocycles. The minimum absolute atomic E-state index is 0.398. The molecule has 2 nitrogen and oxygen atoms in total. The van der Waals surface area contributed by atoms with Crippen LogP contribution in [0.1, 0.15) is 42.0 Å². The van der Waals surface area contributed by atoms with Crippen molar-refractivity contribution in [1.82, 2.24) is 4.98 Å². The molecule has 1 heterocycles. The summed E-state index contributed by atoms with van der Waals surface area (Å²) in [6.45, 7) is 4.56. The van der Waals surface area contributed by atoms with Crippen molar-refractivity contribution in [2.75, 3.05) is 0 Å². The predicted molar refractivity (Wildman–Crippen MR) is 52.0 cm³/mol. The average Bonchev–Trinajstić information content (AvgIpc) is 2.44. The number of nitrogens with one attached hydrogen (secondary N) is 1. The van der Waals surface area contributed by atoms with E-state index in [1.54, 1.807) is 0 Å². The van der Waals surface area contributed by atoms with E-state index in [0.29, 0.717) is 5.41 Å². The van der Waals surface area contributed by atoms with E-state index in [9.17, 15) is 4.79 Å². The summed E-state index contributed by atoms with van der Waals surface area (Å²) >= 11 is 0. The summed E-state index contributed by atoms with van der Waals surface area (Å²) < 4.78 is 0. The van der Waals surface area contributed by atoms with E-state index < -0.39 is 0 Å². The van der Waals surface area contributed by atoms with Crippen molar-refractivity contribution in [1.29, 1.82) is 0 Å². The monoisotopic (exact) mass is 177 g/mol. The Kier molecular flexibility index (Phi) is 1.79. The molecule has 1 N–H and O–H groups in total. The Morgan fingerprint density at radius 3 is 3.00 bits per heavy atom. The third kappa shape index (κ3) is 1.53. The highest BCUT2D eigenvalue weighted by Gasteiger charge is 2.26. The normalized spacial score (nSPS) is 19.5. The van der Waals surface area contributed by atoms with E-state index in [2.05, 4.69) is 18.8 Å². The number of aldehydes is 1. The van der Waals surface area contributed by atoms with Crippen molar-refractivity contribution in [2.45, 2.75) is 33.1 Å². The van der Waals surface area contributed by atoms with Crippen LogP contribution in [0.5, 0.6) is 0 Å². The molecule has 0 radical (unpaired) electrons. The molecule has 0 fully saturated rings. The van der Waals surface area contributed by atoms with Crippen LogP contribution >= 0.6 is 0 Å². The van der Waals surface area contributed by atoms with Gasteiger partial charge in [0.25, 0.3) is 0 Å². The maximum Gasteiger partial charge on any atom is 0.166 e. The summed E-state index contributed by atoms with van der Waals surface area (Å²) in [4.78, 5) is 13.7. The maximum absolute atomic E-state index is 10.6. The van der Waals surface area contributed by atoms with Crippen LogP contribution in [-0.4, -0.2) is 11.3 Å². The lowest BCUT2D eigenvalue weighted by Gasteiger charge is -2.29. The highest BCUT2D eigenvalue weighted by atomic mass is 16.1. The summed E-state index contributed by atoms with van der Waals surface area (Å²) in [7, 11) is 0. The lowest BCUT2D eigenvalue weighted by Crippen LogP contribution is -2.21. The van der Waals surface area contributed by atoms with Crippen molar-refractivity contribution in [3.63, 3.8) is 0 Å². The minimum Gasteiger partial charge on any atom is -0.356 e. The van der Waals surface area contributed by atoms with Crippen LogP contribution in [0.4, 0.5) is 0 Å². The number of aryl methyl sites for hydroxylation is 1. The number of fused-ring (bicyclic) bond motifs is 1. The molecule has 2 heteroatoms. The van der Waals surface area contributed by atoms with Gasteiger partial charge in [-0.3, -0.25) is 4.79 Å². The number of H-pyrrole nitrogens is 1. The zero-order chi connectivity index (χ0) is 9.47. The zero-order valence-corrected chi connectivity index (χ0v) is 8.18. The number of hydrogen-bond donors (Lipinski definition) is 1. The van der Waals surface area contributed by atoms with Crippen molar-refractivity contribution in [3.8, 4) is 0 Å². The molecule has 1 aromatic rings. The molecule has 0 saturated heterocycles. The molecule has 0 bridgehead atoms. The molecular formula is C11H15NO. The second-order valence-corrected chi connectivity index (χ2v) is 4.69. The second kappa shape index (κ2) is 2.72. The van der Waals surface area contributed by atoms with Crippen LogP contribution in [0, 0.1) is 5.41 Å². The zero-order valence-electron chi connectivity index (χ0n) is 8.18. The summed E-state index contributed by atoms with van der Waals surface area (Å²) in [5.41, 5.74) is 3.72. The second-order valence-electron chi connectivity index (χ2n) is 4.69. The topological polar surface area (TPSA) is 32.9 Å². The largest absolute Gasteiger partial charge is 0.356 e. The van der Waals surface area contributed by atoms with Crippen LogP contribution in [0.3, 0.4) is 0 Å². The van der Waals surface area contributed by atoms with E-state index in [1.807, 2.05) is 6.07 Å². The molecule has 1 aliphatic carbocycles. The van der Waals surface area contributed by atoms with Crippen molar-refractivity contribution in [2.24, 2.45) is 5.41 Å². The smallest absolute Gasteiger partial charge is 0.166 e. The third-order valence-electron chi connectivity index (χ3n) is 2.86. The van der Waals surface area contributed by atoms with Gasteiger partial charge in [0.1, 0.15) is 0 Å². The van der Waals surface area contributed by atoms with Crippen LogP contribution in [0.25, 0.3) is 0 Å². The predicted octanol–water partition coefficient (Wildman–Crippen LogP) is 2.34. The standard InChI is InChI=1S/C11H15NO/c1-11(2)4-3-10-8(6-11)5-9(7-13)12-10/h5,7,12H,3-4,6H2,1-2H3. The molecule has 13 heavy (non-hydrogen) atoms. The first-order valence-corrected chi connectivity index (χ1v) is 4.77. The lowest BCUT2D eigenvalue weighted by atomic mass is 9.77. The molecule has 70 valence electrons. The number of carbonyl (C=O) groups excluding carboxylic acids is 1. The van der Waals surface area contributed by atoms with Crippen LogP contribution in [0.2, 0.25) is 0 Å². The van der Waals surface area contributed by atoms with Crippen LogP contribution in [0.15, 0.2) is 6.07 Å². The van der Waals surface area contributed by atoms with E-state index in [-0.39, 0.29) is 0 Å². The van der Waals surface area contributed by atoms with Gasteiger partial charge in [-0.05, 0) is 36.3 Å². The Morgan fingerprint density at radius 1 is 1.54 bits per heavy atom. The number of aromatic nitrogens is 1. The molecule has 0 atom stereocenters. The number of hydrogen-bond acceptors (Lipinski definition) is 1. The Hall–Kier alpha value is -1.05. The lowest BCUT2D eigenvalue weighted by molar-refractivity contribution is 0.111. The number of rotatable bonds is 1. The molecule has 0 aliphatic heterocycles. The molecule has 0 unspecified atom stereocenters. The molecule has 1 aromatic heterocycles. The van der Waals surface area contributed by atoms with Gasteiger partial charge in [-0.1, -0.05) is 13.8 Å². The SMILES string of the molecule is CC1(C)CCc2[nH]c(C=O)cc2C1. The summed E-state index contributed by atoms with van der Waals surface area (Å²) in [6, 6.07) is 1.99. The first kappa shape index (κ1) is 8.54. The third-order valence-corrected chi connectivity index (χ3v) is 2.86. The first-order valence-electron chi connectivity index (χ1n) is 4.77. The Morgan fingerprint density at radius 2 is 2.31 bits per heavy atom. The van der Waals surface area contributed by atoms with Gasteiger partial charge in [-0.25, -0.2) is 0 Å². The van der Waals surface area contributed by atoms with Crippen molar-refractivity contribution in [3.05, 3.63) is 23.0 Å². The molecule has 2 rings (SSSR count). The van der Waals surface area contributed by atoms with E-state index in [1.165, 1.54) is 17.7 Å². The van der Waals surface area contributed by atoms with Gasteiger partial charge < -0.3 is 4.98 Å². The summed E-state index contributed by atoms with van der Waals surface area (Å²) in [5, 5.41) is 0. The quantitative estimate of drug-likeness (QED) is 0.656. The van der Waals surface area contributed by atoms with Gasteiger partial charge in [0, 0.05) is 5.69 Å².